The Morgan fingerprint density at radius 3 is 3.10 bits per heavy atom. The number of carbonyl (C=O) groups is 1. The van der Waals surface area contributed by atoms with Crippen molar-refractivity contribution in [3.05, 3.63) is 58.2 Å². The molecule has 0 radical (unpaired) electrons. The Kier molecular flexibility index (Phi) is 3.74. The topological polar surface area (TPSA) is 76.9 Å². The van der Waals surface area contributed by atoms with Crippen molar-refractivity contribution in [2.75, 3.05) is 6.54 Å². The number of hydrogen-bond acceptors (Lipinski definition) is 5. The predicted octanol–water partition coefficient (Wildman–Crippen LogP) is 1.28. The van der Waals surface area contributed by atoms with Crippen molar-refractivity contribution < 1.29 is 4.79 Å². The van der Waals surface area contributed by atoms with Crippen molar-refractivity contribution >= 4 is 27.5 Å². The number of amides is 1. The van der Waals surface area contributed by atoms with Gasteiger partial charge in [0.1, 0.15) is 0 Å². The van der Waals surface area contributed by atoms with Crippen LogP contribution < -0.4 is 11.0 Å². The third kappa shape index (κ3) is 2.97. The summed E-state index contributed by atoms with van der Waals surface area (Å²) < 4.78 is 2.43. The molecule has 0 bridgehead atoms. The number of hydrogen-bond donors (Lipinski definition) is 1. The molecule has 0 aliphatic carbocycles. The molecule has 6 nitrogen and oxygen atoms in total. The fraction of sp³-hybridized carbons (Fsp3) is 0.143. The minimum Gasteiger partial charge on any atom is -0.350 e. The van der Waals surface area contributed by atoms with E-state index in [-0.39, 0.29) is 11.6 Å². The molecule has 0 aliphatic rings. The van der Waals surface area contributed by atoms with Crippen molar-refractivity contribution in [1.29, 1.82) is 0 Å². The molecular formula is C14H12N4O2S. The molecule has 0 saturated carbocycles. The summed E-state index contributed by atoms with van der Waals surface area (Å²) in [5.74, 6) is -0.165. The van der Waals surface area contributed by atoms with E-state index in [2.05, 4.69) is 15.3 Å². The molecule has 0 aliphatic heterocycles. The second kappa shape index (κ2) is 5.84. The molecule has 3 rings (SSSR count). The first-order chi connectivity index (χ1) is 10.2. The smallest absolute Gasteiger partial charge is 0.347 e. The predicted molar refractivity (Wildman–Crippen MR) is 80.5 cm³/mol. The molecule has 1 aromatic carbocycles. The Morgan fingerprint density at radius 2 is 2.24 bits per heavy atom. The zero-order chi connectivity index (χ0) is 14.7. The lowest BCUT2D eigenvalue weighted by atomic mass is 10.2. The highest BCUT2D eigenvalue weighted by Gasteiger charge is 2.07. The maximum atomic E-state index is 12.1. The number of thiazole rings is 1. The van der Waals surface area contributed by atoms with Gasteiger partial charge in [-0.15, -0.1) is 11.3 Å². The molecule has 7 heteroatoms. The molecule has 106 valence electrons. The van der Waals surface area contributed by atoms with Crippen LogP contribution in [0.25, 0.3) is 10.2 Å². The first-order valence-electron chi connectivity index (χ1n) is 6.37. The van der Waals surface area contributed by atoms with E-state index in [1.807, 2.05) is 12.1 Å². The molecule has 0 unspecified atom stereocenters. The summed E-state index contributed by atoms with van der Waals surface area (Å²) in [5, 5.41) is 2.79. The summed E-state index contributed by atoms with van der Waals surface area (Å²) in [6.45, 7) is 0.756. The van der Waals surface area contributed by atoms with Gasteiger partial charge in [0.05, 0.1) is 15.7 Å². The van der Waals surface area contributed by atoms with Gasteiger partial charge in [-0.05, 0) is 24.3 Å². The van der Waals surface area contributed by atoms with Gasteiger partial charge in [0.2, 0.25) is 0 Å². The van der Waals surface area contributed by atoms with Crippen LogP contribution in [0.4, 0.5) is 0 Å². The Balaban J connectivity index is 1.64. The van der Waals surface area contributed by atoms with E-state index in [0.717, 1.165) is 10.2 Å². The van der Waals surface area contributed by atoms with Gasteiger partial charge in [0.25, 0.3) is 5.91 Å². The lowest BCUT2D eigenvalue weighted by molar-refractivity contribution is 0.0952. The molecule has 0 fully saturated rings. The van der Waals surface area contributed by atoms with Crippen LogP contribution in [0.15, 0.2) is 47.0 Å². The van der Waals surface area contributed by atoms with E-state index in [4.69, 9.17) is 0 Å². The highest BCUT2D eigenvalue weighted by atomic mass is 32.1. The van der Waals surface area contributed by atoms with Gasteiger partial charge in [-0.2, -0.15) is 0 Å². The molecule has 1 N–H and O–H groups in total. The van der Waals surface area contributed by atoms with E-state index in [0.29, 0.717) is 18.7 Å². The summed E-state index contributed by atoms with van der Waals surface area (Å²) in [4.78, 5) is 31.3. The van der Waals surface area contributed by atoms with Gasteiger partial charge in [0.15, 0.2) is 0 Å². The maximum absolute atomic E-state index is 12.1. The number of nitrogens with one attached hydrogen (secondary N) is 1. The quantitative estimate of drug-likeness (QED) is 0.787. The fourth-order valence-electron chi connectivity index (χ4n) is 1.95. The van der Waals surface area contributed by atoms with Crippen LogP contribution in [-0.4, -0.2) is 27.0 Å². The summed E-state index contributed by atoms with van der Waals surface area (Å²) in [7, 11) is 0. The largest absolute Gasteiger partial charge is 0.350 e. The van der Waals surface area contributed by atoms with Crippen LogP contribution in [0.1, 0.15) is 10.4 Å². The number of fused-ring (bicyclic) bond motifs is 1. The van der Waals surface area contributed by atoms with Crippen LogP contribution in [0, 0.1) is 0 Å². The monoisotopic (exact) mass is 300 g/mol. The second-order valence-corrected chi connectivity index (χ2v) is 5.27. The van der Waals surface area contributed by atoms with E-state index in [1.54, 1.807) is 23.8 Å². The Bertz CT molecular complexity index is 840. The standard InChI is InChI=1S/C14H12N4O2S/c19-13(10-2-3-11-12(8-10)21-9-17-11)15-5-7-18-6-1-4-16-14(18)20/h1-4,6,8-9H,5,7H2,(H,15,19). The van der Waals surface area contributed by atoms with Gasteiger partial charge >= 0.3 is 5.69 Å². The Labute approximate surface area is 124 Å². The van der Waals surface area contributed by atoms with Gasteiger partial charge in [0, 0.05) is 31.0 Å². The highest BCUT2D eigenvalue weighted by molar-refractivity contribution is 7.16. The number of benzene rings is 1. The van der Waals surface area contributed by atoms with Gasteiger partial charge in [-0.1, -0.05) is 0 Å². The maximum Gasteiger partial charge on any atom is 0.347 e. The zero-order valence-corrected chi connectivity index (χ0v) is 11.8. The van der Waals surface area contributed by atoms with E-state index in [1.165, 1.54) is 22.1 Å². The SMILES string of the molecule is O=C(NCCn1cccnc1=O)c1ccc2ncsc2c1. The molecule has 0 saturated heterocycles. The third-order valence-electron chi connectivity index (χ3n) is 3.01. The van der Waals surface area contributed by atoms with E-state index >= 15 is 0 Å². The van der Waals surface area contributed by atoms with Gasteiger partial charge in [-0.3, -0.25) is 9.36 Å². The molecule has 2 aromatic heterocycles. The van der Waals surface area contributed by atoms with Crippen LogP contribution in [0.2, 0.25) is 0 Å². The van der Waals surface area contributed by atoms with E-state index < -0.39 is 0 Å². The summed E-state index contributed by atoms with van der Waals surface area (Å²) >= 11 is 1.50. The van der Waals surface area contributed by atoms with Crippen LogP contribution in [0.3, 0.4) is 0 Å². The highest BCUT2D eigenvalue weighted by Crippen LogP contribution is 2.18. The minimum absolute atomic E-state index is 0.165. The van der Waals surface area contributed by atoms with Crippen LogP contribution >= 0.6 is 11.3 Å². The number of nitrogens with zero attached hydrogens (tertiary/aromatic N) is 3. The first kappa shape index (κ1) is 13.4. The number of aromatic nitrogens is 3. The van der Waals surface area contributed by atoms with E-state index in [9.17, 15) is 9.59 Å². The lowest BCUT2D eigenvalue weighted by Gasteiger charge is -2.06. The molecule has 0 spiro atoms. The Hall–Kier alpha value is -2.54. The van der Waals surface area contributed by atoms with Crippen molar-refractivity contribution in [2.24, 2.45) is 0 Å². The molecule has 2 heterocycles. The average Bonchev–Trinajstić information content (AvgIpc) is 2.96. The molecule has 21 heavy (non-hydrogen) atoms. The Morgan fingerprint density at radius 1 is 1.33 bits per heavy atom. The van der Waals surface area contributed by atoms with Crippen LogP contribution in [-0.2, 0) is 6.54 Å². The summed E-state index contributed by atoms with van der Waals surface area (Å²) in [6, 6.07) is 7.07. The van der Waals surface area contributed by atoms with Crippen molar-refractivity contribution in [2.45, 2.75) is 6.54 Å². The first-order valence-corrected chi connectivity index (χ1v) is 7.25. The third-order valence-corrected chi connectivity index (χ3v) is 3.81. The normalized spacial score (nSPS) is 10.7. The van der Waals surface area contributed by atoms with Crippen molar-refractivity contribution in [3.63, 3.8) is 0 Å². The molecular weight excluding hydrogens is 288 g/mol. The van der Waals surface area contributed by atoms with Crippen molar-refractivity contribution in [3.8, 4) is 0 Å². The lowest BCUT2D eigenvalue weighted by Crippen LogP contribution is -2.31. The van der Waals surface area contributed by atoms with Gasteiger partial charge in [-0.25, -0.2) is 14.8 Å². The van der Waals surface area contributed by atoms with Crippen molar-refractivity contribution in [1.82, 2.24) is 19.9 Å². The molecule has 1 amide bonds. The molecule has 3 aromatic rings. The molecule has 0 atom stereocenters. The second-order valence-electron chi connectivity index (χ2n) is 4.39. The summed E-state index contributed by atoms with van der Waals surface area (Å²) in [6.07, 6.45) is 3.09. The number of carbonyl (C=O) groups excluding carboxylic acids is 1. The summed E-state index contributed by atoms with van der Waals surface area (Å²) in [5.41, 5.74) is 2.91. The average molecular weight is 300 g/mol. The zero-order valence-electron chi connectivity index (χ0n) is 11.0. The number of rotatable bonds is 4. The minimum atomic E-state index is -0.321. The van der Waals surface area contributed by atoms with Crippen LogP contribution in [0.5, 0.6) is 0 Å². The fourth-order valence-corrected chi connectivity index (χ4v) is 2.66. The van der Waals surface area contributed by atoms with Gasteiger partial charge < -0.3 is 5.32 Å².